The van der Waals surface area contributed by atoms with Crippen molar-refractivity contribution in [3.05, 3.63) is 59.2 Å². The number of aryl methyl sites for hydroxylation is 1. The molecule has 0 spiro atoms. The number of ether oxygens (including phenoxy) is 1. The second kappa shape index (κ2) is 8.90. The van der Waals surface area contributed by atoms with Crippen LogP contribution in [0.2, 0.25) is 0 Å². The Morgan fingerprint density at radius 3 is 2.59 bits per heavy atom. The molecule has 0 aliphatic rings. The number of methoxy groups -OCH3 is 1. The molecule has 0 aromatic heterocycles. The van der Waals surface area contributed by atoms with E-state index in [9.17, 15) is 13.2 Å². The van der Waals surface area contributed by atoms with Crippen molar-refractivity contribution >= 4 is 21.6 Å². The number of benzene rings is 2. The van der Waals surface area contributed by atoms with Crippen LogP contribution in [0.3, 0.4) is 0 Å². The molecule has 2 N–H and O–H groups in total. The normalized spacial score (nSPS) is 12.3. The van der Waals surface area contributed by atoms with Crippen LogP contribution in [-0.4, -0.2) is 27.2 Å². The van der Waals surface area contributed by atoms with Crippen LogP contribution in [0.5, 0.6) is 5.75 Å². The first-order valence-electron chi connectivity index (χ1n) is 8.81. The smallest absolute Gasteiger partial charge is 0.251 e. The Bertz CT molecular complexity index is 910. The molecule has 0 radical (unpaired) electrons. The summed E-state index contributed by atoms with van der Waals surface area (Å²) >= 11 is 0. The highest BCUT2D eigenvalue weighted by molar-refractivity contribution is 7.92. The summed E-state index contributed by atoms with van der Waals surface area (Å²) in [5.74, 6) is 0.449. The van der Waals surface area contributed by atoms with Crippen LogP contribution in [0.1, 0.15) is 47.8 Å². The lowest BCUT2D eigenvalue weighted by atomic mass is 10.0. The number of sulfonamides is 1. The molecule has 0 saturated carbocycles. The third kappa shape index (κ3) is 5.72. The van der Waals surface area contributed by atoms with Gasteiger partial charge in [-0.2, -0.15) is 0 Å². The molecule has 0 heterocycles. The lowest BCUT2D eigenvalue weighted by molar-refractivity contribution is 0.0939. The zero-order valence-corrected chi connectivity index (χ0v) is 16.9. The lowest BCUT2D eigenvalue weighted by Crippen LogP contribution is -2.27. The molecule has 0 bridgehead atoms. The van der Waals surface area contributed by atoms with Crippen molar-refractivity contribution < 1.29 is 17.9 Å². The van der Waals surface area contributed by atoms with E-state index in [0.29, 0.717) is 23.4 Å². The number of rotatable bonds is 8. The number of hydrogen-bond acceptors (Lipinski definition) is 4. The first kappa shape index (κ1) is 20.8. The Kier molecular flexibility index (Phi) is 6.85. The molecular weight excluding hydrogens is 364 g/mol. The Morgan fingerprint density at radius 1 is 1.19 bits per heavy atom. The second-order valence-electron chi connectivity index (χ2n) is 6.44. The molecule has 2 rings (SSSR count). The molecule has 2 aromatic rings. The van der Waals surface area contributed by atoms with E-state index in [2.05, 4.69) is 10.0 Å². The minimum absolute atomic E-state index is 0.0353. The SMILES string of the molecule is CCCS(=O)(=O)Nc1cccc(C(=O)NC(C)c2cc(C)ccc2OC)c1. The second-order valence-corrected chi connectivity index (χ2v) is 8.28. The summed E-state index contributed by atoms with van der Waals surface area (Å²) in [5, 5.41) is 2.93. The Labute approximate surface area is 161 Å². The van der Waals surface area contributed by atoms with Gasteiger partial charge in [0.15, 0.2) is 0 Å². The van der Waals surface area contributed by atoms with Crippen molar-refractivity contribution in [1.29, 1.82) is 0 Å². The van der Waals surface area contributed by atoms with Gasteiger partial charge in [-0.25, -0.2) is 8.42 Å². The van der Waals surface area contributed by atoms with Crippen molar-refractivity contribution in [3.63, 3.8) is 0 Å². The fraction of sp³-hybridized carbons (Fsp3) is 0.350. The number of nitrogens with one attached hydrogen (secondary N) is 2. The Morgan fingerprint density at radius 2 is 1.93 bits per heavy atom. The highest BCUT2D eigenvalue weighted by Crippen LogP contribution is 2.26. The maximum absolute atomic E-state index is 12.6. The molecule has 0 saturated heterocycles. The monoisotopic (exact) mass is 390 g/mol. The standard InChI is InChI=1S/C20H26N2O4S/c1-5-11-27(24,25)22-17-8-6-7-16(13-17)20(23)21-15(3)18-12-14(2)9-10-19(18)26-4/h6-10,12-13,15,22H,5,11H2,1-4H3,(H,21,23). The molecule has 0 aliphatic heterocycles. The Hall–Kier alpha value is -2.54. The number of hydrogen-bond donors (Lipinski definition) is 2. The topological polar surface area (TPSA) is 84.5 Å². The van der Waals surface area contributed by atoms with Crippen molar-refractivity contribution in [2.75, 3.05) is 17.6 Å². The van der Waals surface area contributed by atoms with E-state index in [1.807, 2.05) is 32.0 Å². The van der Waals surface area contributed by atoms with Gasteiger partial charge in [0, 0.05) is 16.8 Å². The number of carbonyl (C=O) groups is 1. The van der Waals surface area contributed by atoms with Gasteiger partial charge in [-0.3, -0.25) is 9.52 Å². The van der Waals surface area contributed by atoms with Gasteiger partial charge in [-0.1, -0.05) is 30.7 Å². The number of carbonyl (C=O) groups excluding carboxylic acids is 1. The van der Waals surface area contributed by atoms with Gasteiger partial charge in [-0.15, -0.1) is 0 Å². The van der Waals surface area contributed by atoms with Gasteiger partial charge in [-0.05, 0) is 44.5 Å². The zero-order valence-electron chi connectivity index (χ0n) is 16.1. The maximum atomic E-state index is 12.6. The van der Waals surface area contributed by atoms with Crippen LogP contribution in [0, 0.1) is 6.92 Å². The lowest BCUT2D eigenvalue weighted by Gasteiger charge is -2.18. The first-order chi connectivity index (χ1) is 12.8. The van der Waals surface area contributed by atoms with Gasteiger partial charge in [0.05, 0.1) is 18.9 Å². The van der Waals surface area contributed by atoms with Crippen LogP contribution in [0.25, 0.3) is 0 Å². The average molecular weight is 391 g/mol. The molecule has 7 heteroatoms. The fourth-order valence-electron chi connectivity index (χ4n) is 2.77. The van der Waals surface area contributed by atoms with E-state index in [4.69, 9.17) is 4.74 Å². The van der Waals surface area contributed by atoms with Crippen molar-refractivity contribution in [1.82, 2.24) is 5.32 Å². The largest absolute Gasteiger partial charge is 0.496 e. The van der Waals surface area contributed by atoms with Gasteiger partial charge in [0.1, 0.15) is 5.75 Å². The predicted octanol–water partition coefficient (Wildman–Crippen LogP) is 3.65. The minimum atomic E-state index is -3.41. The van der Waals surface area contributed by atoms with Crippen LogP contribution >= 0.6 is 0 Å². The maximum Gasteiger partial charge on any atom is 0.251 e. The molecule has 1 amide bonds. The number of anilines is 1. The van der Waals surface area contributed by atoms with E-state index in [-0.39, 0.29) is 17.7 Å². The van der Waals surface area contributed by atoms with E-state index < -0.39 is 10.0 Å². The zero-order chi connectivity index (χ0) is 20.0. The summed E-state index contributed by atoms with van der Waals surface area (Å²) < 4.78 is 31.7. The van der Waals surface area contributed by atoms with Gasteiger partial charge in [0.25, 0.3) is 5.91 Å². The molecule has 146 valence electrons. The quantitative estimate of drug-likeness (QED) is 0.721. The average Bonchev–Trinajstić information content (AvgIpc) is 2.61. The third-order valence-electron chi connectivity index (χ3n) is 4.07. The van der Waals surface area contributed by atoms with Crippen LogP contribution in [0.4, 0.5) is 5.69 Å². The predicted molar refractivity (Wildman–Crippen MR) is 108 cm³/mol. The van der Waals surface area contributed by atoms with Crippen molar-refractivity contribution in [2.24, 2.45) is 0 Å². The first-order valence-corrected chi connectivity index (χ1v) is 10.5. The van der Waals surface area contributed by atoms with Crippen LogP contribution < -0.4 is 14.8 Å². The highest BCUT2D eigenvalue weighted by atomic mass is 32.2. The summed E-state index contributed by atoms with van der Waals surface area (Å²) in [6.07, 6.45) is 0.519. The fourth-order valence-corrected chi connectivity index (χ4v) is 3.90. The summed E-state index contributed by atoms with van der Waals surface area (Å²) in [6.45, 7) is 5.65. The van der Waals surface area contributed by atoms with Crippen LogP contribution in [-0.2, 0) is 10.0 Å². The molecule has 0 aliphatic carbocycles. The molecule has 2 aromatic carbocycles. The summed E-state index contributed by atoms with van der Waals surface area (Å²) in [6, 6.07) is 12.0. The van der Waals surface area contributed by atoms with Crippen LogP contribution in [0.15, 0.2) is 42.5 Å². The molecule has 6 nitrogen and oxygen atoms in total. The highest BCUT2D eigenvalue weighted by Gasteiger charge is 2.16. The molecular formula is C20H26N2O4S. The minimum Gasteiger partial charge on any atom is -0.496 e. The third-order valence-corrected chi connectivity index (χ3v) is 5.56. The van der Waals surface area contributed by atoms with E-state index in [1.165, 1.54) is 6.07 Å². The van der Waals surface area contributed by atoms with Gasteiger partial charge >= 0.3 is 0 Å². The molecule has 27 heavy (non-hydrogen) atoms. The molecule has 1 unspecified atom stereocenters. The summed E-state index contributed by atoms with van der Waals surface area (Å²) in [7, 11) is -1.81. The molecule has 1 atom stereocenters. The van der Waals surface area contributed by atoms with E-state index in [1.54, 1.807) is 32.2 Å². The molecule has 0 fully saturated rings. The van der Waals surface area contributed by atoms with Gasteiger partial charge < -0.3 is 10.1 Å². The summed E-state index contributed by atoms with van der Waals surface area (Å²) in [5.41, 5.74) is 2.70. The van der Waals surface area contributed by atoms with E-state index in [0.717, 1.165) is 11.1 Å². The van der Waals surface area contributed by atoms with Crippen molar-refractivity contribution in [3.8, 4) is 5.75 Å². The number of amides is 1. The van der Waals surface area contributed by atoms with Crippen molar-refractivity contribution in [2.45, 2.75) is 33.2 Å². The van der Waals surface area contributed by atoms with Gasteiger partial charge in [0.2, 0.25) is 10.0 Å². The summed E-state index contributed by atoms with van der Waals surface area (Å²) in [4.78, 5) is 12.6. The van der Waals surface area contributed by atoms with E-state index >= 15 is 0 Å². The Balaban J connectivity index is 2.17.